The molecule has 0 bridgehead atoms. The van der Waals surface area contributed by atoms with Gasteiger partial charge in [0, 0.05) is 12.2 Å². The molecule has 2 rings (SSSR count). The molecule has 0 saturated heterocycles. The molecule has 1 fully saturated rings. The Kier molecular flexibility index (Phi) is 2.50. The standard InChI is InChI=1S/C11H17N3O/c1-11(2)5-3-8(7-11)13-10(15)9-4-6-12-14-9/h4,6,8H,3,5,7H2,1-2H3,(H,12,14)(H,13,15). The number of nitrogens with zero attached hydrogens (tertiary/aromatic N) is 1. The third-order valence-corrected chi connectivity index (χ3v) is 3.05. The molecule has 0 spiro atoms. The van der Waals surface area contributed by atoms with Crippen molar-refractivity contribution in [2.45, 2.75) is 39.2 Å². The summed E-state index contributed by atoms with van der Waals surface area (Å²) in [4.78, 5) is 11.7. The zero-order chi connectivity index (χ0) is 10.9. The highest BCUT2D eigenvalue weighted by Gasteiger charge is 2.31. The lowest BCUT2D eigenvalue weighted by Crippen LogP contribution is -2.33. The molecule has 15 heavy (non-hydrogen) atoms. The van der Waals surface area contributed by atoms with Crippen molar-refractivity contribution in [3.05, 3.63) is 18.0 Å². The van der Waals surface area contributed by atoms with Crippen molar-refractivity contribution in [3.8, 4) is 0 Å². The van der Waals surface area contributed by atoms with E-state index in [1.54, 1.807) is 12.3 Å². The number of aromatic amines is 1. The van der Waals surface area contributed by atoms with E-state index >= 15 is 0 Å². The van der Waals surface area contributed by atoms with Crippen LogP contribution in [0.2, 0.25) is 0 Å². The van der Waals surface area contributed by atoms with Crippen molar-refractivity contribution in [1.29, 1.82) is 0 Å². The number of aromatic nitrogens is 2. The molecule has 1 unspecified atom stereocenters. The minimum absolute atomic E-state index is 0.0461. The highest BCUT2D eigenvalue weighted by Crippen LogP contribution is 2.36. The molecule has 1 aromatic heterocycles. The number of hydrogen-bond donors (Lipinski definition) is 2. The van der Waals surface area contributed by atoms with Gasteiger partial charge in [0.2, 0.25) is 0 Å². The summed E-state index contributed by atoms with van der Waals surface area (Å²) < 4.78 is 0. The van der Waals surface area contributed by atoms with Gasteiger partial charge in [-0.2, -0.15) is 5.10 Å². The van der Waals surface area contributed by atoms with E-state index in [9.17, 15) is 4.79 Å². The lowest BCUT2D eigenvalue weighted by Gasteiger charge is -2.17. The van der Waals surface area contributed by atoms with Crippen molar-refractivity contribution in [3.63, 3.8) is 0 Å². The van der Waals surface area contributed by atoms with Crippen molar-refractivity contribution < 1.29 is 4.79 Å². The van der Waals surface area contributed by atoms with E-state index in [0.717, 1.165) is 12.8 Å². The van der Waals surface area contributed by atoms with Gasteiger partial charge >= 0.3 is 0 Å². The average molecular weight is 207 g/mol. The maximum Gasteiger partial charge on any atom is 0.269 e. The lowest BCUT2D eigenvalue weighted by molar-refractivity contribution is 0.0931. The second-order valence-electron chi connectivity index (χ2n) is 5.05. The van der Waals surface area contributed by atoms with Crippen molar-refractivity contribution in [2.24, 2.45) is 5.41 Å². The summed E-state index contributed by atoms with van der Waals surface area (Å²) in [7, 11) is 0. The van der Waals surface area contributed by atoms with Gasteiger partial charge in [-0.15, -0.1) is 0 Å². The Morgan fingerprint density at radius 1 is 1.67 bits per heavy atom. The second-order valence-corrected chi connectivity index (χ2v) is 5.05. The molecule has 1 aliphatic carbocycles. The highest BCUT2D eigenvalue weighted by molar-refractivity contribution is 5.92. The van der Waals surface area contributed by atoms with E-state index in [2.05, 4.69) is 29.4 Å². The summed E-state index contributed by atoms with van der Waals surface area (Å²) in [5.41, 5.74) is 0.908. The molecule has 1 aromatic rings. The van der Waals surface area contributed by atoms with Crippen LogP contribution in [0.4, 0.5) is 0 Å². The molecule has 0 aliphatic heterocycles. The van der Waals surface area contributed by atoms with Crippen molar-refractivity contribution >= 4 is 5.91 Å². The van der Waals surface area contributed by atoms with Crippen LogP contribution < -0.4 is 5.32 Å². The third kappa shape index (κ3) is 2.37. The predicted molar refractivity (Wildman–Crippen MR) is 57.5 cm³/mol. The average Bonchev–Trinajstić information content (AvgIpc) is 2.74. The summed E-state index contributed by atoms with van der Waals surface area (Å²) in [6.45, 7) is 4.49. The van der Waals surface area contributed by atoms with Crippen LogP contribution in [0.5, 0.6) is 0 Å². The second kappa shape index (κ2) is 3.68. The van der Waals surface area contributed by atoms with E-state index < -0.39 is 0 Å². The number of hydrogen-bond acceptors (Lipinski definition) is 2. The maximum atomic E-state index is 11.7. The summed E-state index contributed by atoms with van der Waals surface area (Å²) in [5, 5.41) is 9.46. The van der Waals surface area contributed by atoms with Gasteiger partial charge in [0.05, 0.1) is 0 Å². The van der Waals surface area contributed by atoms with Crippen LogP contribution in [-0.4, -0.2) is 22.1 Å². The predicted octanol–water partition coefficient (Wildman–Crippen LogP) is 1.72. The molecule has 4 nitrogen and oxygen atoms in total. The SMILES string of the molecule is CC1(C)CCC(NC(=O)c2ccn[nH]2)C1. The van der Waals surface area contributed by atoms with E-state index in [1.807, 2.05) is 0 Å². The third-order valence-electron chi connectivity index (χ3n) is 3.05. The lowest BCUT2D eigenvalue weighted by atomic mass is 9.92. The van der Waals surface area contributed by atoms with Gasteiger partial charge in [-0.05, 0) is 30.7 Å². The smallest absolute Gasteiger partial charge is 0.269 e. The molecule has 1 aliphatic rings. The van der Waals surface area contributed by atoms with Crippen molar-refractivity contribution in [2.75, 3.05) is 0 Å². The Hall–Kier alpha value is -1.32. The number of amides is 1. The molecule has 4 heteroatoms. The molecular formula is C11H17N3O. The Morgan fingerprint density at radius 3 is 3.00 bits per heavy atom. The van der Waals surface area contributed by atoms with Crippen LogP contribution in [0.25, 0.3) is 0 Å². The number of carbonyl (C=O) groups excluding carboxylic acids is 1. The van der Waals surface area contributed by atoms with Gasteiger partial charge in [0.1, 0.15) is 5.69 Å². The summed E-state index contributed by atoms with van der Waals surface area (Å²) >= 11 is 0. The van der Waals surface area contributed by atoms with Crippen LogP contribution >= 0.6 is 0 Å². The van der Waals surface area contributed by atoms with E-state index in [-0.39, 0.29) is 5.91 Å². The van der Waals surface area contributed by atoms with E-state index in [0.29, 0.717) is 17.2 Å². The first kappa shape index (κ1) is 10.2. The van der Waals surface area contributed by atoms with Crippen molar-refractivity contribution in [1.82, 2.24) is 15.5 Å². The minimum Gasteiger partial charge on any atom is -0.348 e. The summed E-state index contributed by atoms with van der Waals surface area (Å²) in [5.74, 6) is -0.0461. The zero-order valence-corrected chi connectivity index (χ0v) is 9.21. The number of H-pyrrole nitrogens is 1. The first-order chi connectivity index (χ1) is 7.07. The first-order valence-corrected chi connectivity index (χ1v) is 5.37. The fourth-order valence-electron chi connectivity index (χ4n) is 2.20. The highest BCUT2D eigenvalue weighted by atomic mass is 16.2. The van der Waals surface area contributed by atoms with Gasteiger partial charge in [0.25, 0.3) is 5.91 Å². The van der Waals surface area contributed by atoms with E-state index in [1.165, 1.54) is 6.42 Å². The molecule has 82 valence electrons. The number of carbonyl (C=O) groups is 1. The van der Waals surface area contributed by atoms with Gasteiger partial charge in [-0.25, -0.2) is 0 Å². The maximum absolute atomic E-state index is 11.7. The largest absolute Gasteiger partial charge is 0.348 e. The van der Waals surface area contributed by atoms with Crippen LogP contribution in [0, 0.1) is 5.41 Å². The van der Waals surface area contributed by atoms with Crippen LogP contribution in [-0.2, 0) is 0 Å². The van der Waals surface area contributed by atoms with Gasteiger partial charge in [-0.3, -0.25) is 9.89 Å². The fraction of sp³-hybridized carbons (Fsp3) is 0.636. The summed E-state index contributed by atoms with van der Waals surface area (Å²) in [6.07, 6.45) is 4.91. The first-order valence-electron chi connectivity index (χ1n) is 5.37. The quantitative estimate of drug-likeness (QED) is 0.775. The Balaban J connectivity index is 1.91. The molecule has 1 heterocycles. The van der Waals surface area contributed by atoms with Gasteiger partial charge in [0.15, 0.2) is 0 Å². The zero-order valence-electron chi connectivity index (χ0n) is 9.21. The Labute approximate surface area is 89.5 Å². The number of nitrogens with one attached hydrogen (secondary N) is 2. The monoisotopic (exact) mass is 207 g/mol. The molecule has 2 N–H and O–H groups in total. The van der Waals surface area contributed by atoms with Crippen LogP contribution in [0.1, 0.15) is 43.6 Å². The van der Waals surface area contributed by atoms with Crippen LogP contribution in [0.15, 0.2) is 12.3 Å². The summed E-state index contributed by atoms with van der Waals surface area (Å²) in [6, 6.07) is 2.01. The normalized spacial score (nSPS) is 24.0. The molecule has 0 aromatic carbocycles. The fourth-order valence-corrected chi connectivity index (χ4v) is 2.20. The number of rotatable bonds is 2. The molecule has 1 atom stereocenters. The molecule has 0 radical (unpaired) electrons. The Morgan fingerprint density at radius 2 is 2.47 bits per heavy atom. The van der Waals surface area contributed by atoms with Gasteiger partial charge < -0.3 is 5.32 Å². The van der Waals surface area contributed by atoms with Gasteiger partial charge in [-0.1, -0.05) is 13.8 Å². The minimum atomic E-state index is -0.0461. The Bertz CT molecular complexity index is 343. The topological polar surface area (TPSA) is 57.8 Å². The molecule has 1 amide bonds. The van der Waals surface area contributed by atoms with E-state index in [4.69, 9.17) is 0 Å². The molecule has 1 saturated carbocycles. The molecular weight excluding hydrogens is 190 g/mol. The van der Waals surface area contributed by atoms with Crippen LogP contribution in [0.3, 0.4) is 0 Å².